The number of furan rings is 1. The molecule has 2 aromatic carbocycles. The van der Waals surface area contributed by atoms with E-state index in [9.17, 15) is 5.11 Å². The highest BCUT2D eigenvalue weighted by Gasteiger charge is 2.09. The van der Waals surface area contributed by atoms with E-state index in [0.717, 1.165) is 10.9 Å². The average Bonchev–Trinajstić information content (AvgIpc) is 2.82. The lowest BCUT2D eigenvalue weighted by atomic mass is 10.2. The zero-order valence-corrected chi connectivity index (χ0v) is 12.8. The van der Waals surface area contributed by atoms with Gasteiger partial charge < -0.3 is 14.4 Å². The third-order valence-electron chi connectivity index (χ3n) is 3.11. The highest BCUT2D eigenvalue weighted by atomic mass is 35.5. The molecule has 0 spiro atoms. The van der Waals surface area contributed by atoms with Gasteiger partial charge in [0.05, 0.1) is 5.39 Å². The normalized spacial score (nSPS) is 11.4. The molecule has 3 aromatic rings. The van der Waals surface area contributed by atoms with E-state index in [0.29, 0.717) is 21.2 Å². The number of oxime groups is 1. The first kappa shape index (κ1) is 14.8. The Morgan fingerprint density at radius 3 is 2.68 bits per heavy atom. The molecule has 4 nitrogen and oxygen atoms in total. The fourth-order valence-corrected chi connectivity index (χ4v) is 2.49. The number of hydrogen-bond acceptors (Lipinski definition) is 4. The van der Waals surface area contributed by atoms with Gasteiger partial charge in [0.1, 0.15) is 12.8 Å². The van der Waals surface area contributed by atoms with Gasteiger partial charge in [-0.2, -0.15) is 0 Å². The summed E-state index contributed by atoms with van der Waals surface area (Å²) in [6.07, 6.45) is 1.41. The van der Waals surface area contributed by atoms with Crippen LogP contribution >= 0.6 is 23.2 Å². The molecular formula is C16H11Cl2NO3. The first-order chi connectivity index (χ1) is 10.6. The quantitative estimate of drug-likeness (QED) is 0.539. The van der Waals surface area contributed by atoms with Gasteiger partial charge in [-0.1, -0.05) is 52.6 Å². The molecule has 0 aliphatic heterocycles. The molecule has 0 unspecified atom stereocenters. The van der Waals surface area contributed by atoms with Crippen molar-refractivity contribution in [3.05, 3.63) is 63.8 Å². The van der Waals surface area contributed by atoms with Crippen LogP contribution in [-0.4, -0.2) is 11.3 Å². The van der Waals surface area contributed by atoms with Crippen molar-refractivity contribution in [3.63, 3.8) is 0 Å². The Morgan fingerprint density at radius 1 is 1.14 bits per heavy atom. The second kappa shape index (κ2) is 6.30. The lowest BCUT2D eigenvalue weighted by Gasteiger charge is -2.02. The van der Waals surface area contributed by atoms with E-state index >= 15 is 0 Å². The van der Waals surface area contributed by atoms with Crippen molar-refractivity contribution in [1.82, 2.24) is 0 Å². The molecule has 0 aliphatic carbocycles. The minimum Gasteiger partial charge on any atom is -0.480 e. The monoisotopic (exact) mass is 335 g/mol. The number of hydrogen-bond donors (Lipinski definition) is 1. The Bertz CT molecular complexity index is 843. The molecule has 1 N–H and O–H groups in total. The lowest BCUT2D eigenvalue weighted by Crippen LogP contribution is -1.89. The Kier molecular flexibility index (Phi) is 4.22. The van der Waals surface area contributed by atoms with Crippen LogP contribution in [0, 0.1) is 0 Å². The van der Waals surface area contributed by atoms with Gasteiger partial charge in [-0.25, -0.2) is 0 Å². The Labute approximate surface area is 136 Å². The van der Waals surface area contributed by atoms with Crippen molar-refractivity contribution in [2.24, 2.45) is 5.16 Å². The number of fused-ring (bicyclic) bond motifs is 1. The standard InChI is InChI=1S/C16H11Cl2NO3/c17-11-6-5-10(14(18)7-11)9-21-19-8-15-12-3-1-2-4-13(12)16(20)22-15/h1-8,20H,9H2. The predicted octanol–water partition coefficient (Wildman–Crippen LogP) is 5.00. The number of aromatic hydroxyl groups is 1. The van der Waals surface area contributed by atoms with Gasteiger partial charge in [0.15, 0.2) is 5.76 Å². The number of rotatable bonds is 4. The second-order valence-electron chi connectivity index (χ2n) is 4.56. The molecule has 3 rings (SSSR count). The van der Waals surface area contributed by atoms with Crippen LogP contribution in [-0.2, 0) is 11.4 Å². The van der Waals surface area contributed by atoms with Gasteiger partial charge in [-0.05, 0) is 18.2 Å². The summed E-state index contributed by atoms with van der Waals surface area (Å²) in [4.78, 5) is 5.20. The van der Waals surface area contributed by atoms with Crippen molar-refractivity contribution in [2.75, 3.05) is 0 Å². The van der Waals surface area contributed by atoms with Crippen LogP contribution in [0.3, 0.4) is 0 Å². The van der Waals surface area contributed by atoms with E-state index < -0.39 is 0 Å². The third-order valence-corrected chi connectivity index (χ3v) is 3.70. The van der Waals surface area contributed by atoms with E-state index in [1.54, 1.807) is 24.3 Å². The SMILES string of the molecule is Oc1oc(C=NOCc2ccc(Cl)cc2Cl)c2ccccc12. The van der Waals surface area contributed by atoms with Crippen LogP contribution in [0.5, 0.6) is 5.95 Å². The van der Waals surface area contributed by atoms with E-state index in [4.69, 9.17) is 32.5 Å². The number of benzene rings is 2. The zero-order valence-electron chi connectivity index (χ0n) is 11.3. The fraction of sp³-hybridized carbons (Fsp3) is 0.0625. The third kappa shape index (κ3) is 3.03. The Morgan fingerprint density at radius 2 is 1.91 bits per heavy atom. The summed E-state index contributed by atoms with van der Waals surface area (Å²) in [5.74, 6) is 0.285. The van der Waals surface area contributed by atoms with Crippen molar-refractivity contribution in [3.8, 4) is 5.95 Å². The molecule has 0 aliphatic rings. The summed E-state index contributed by atoms with van der Waals surface area (Å²) in [5, 5.41) is 16.0. The predicted molar refractivity (Wildman–Crippen MR) is 86.7 cm³/mol. The molecule has 0 radical (unpaired) electrons. The molecular weight excluding hydrogens is 325 g/mol. The summed E-state index contributed by atoms with van der Waals surface area (Å²) in [6.45, 7) is 0.205. The molecule has 22 heavy (non-hydrogen) atoms. The maximum atomic E-state index is 9.69. The molecule has 0 fully saturated rings. The molecule has 112 valence electrons. The van der Waals surface area contributed by atoms with Gasteiger partial charge in [0, 0.05) is 21.0 Å². The van der Waals surface area contributed by atoms with Gasteiger partial charge >= 0.3 is 0 Å². The minimum atomic E-state index is -0.141. The Balaban J connectivity index is 1.71. The van der Waals surface area contributed by atoms with Crippen LogP contribution in [0.4, 0.5) is 0 Å². The number of nitrogens with zero attached hydrogens (tertiary/aromatic N) is 1. The summed E-state index contributed by atoms with van der Waals surface area (Å²) in [5.41, 5.74) is 0.773. The van der Waals surface area contributed by atoms with E-state index in [1.807, 2.05) is 18.2 Å². The van der Waals surface area contributed by atoms with E-state index in [-0.39, 0.29) is 12.6 Å². The van der Waals surface area contributed by atoms with Crippen molar-refractivity contribution >= 4 is 40.2 Å². The van der Waals surface area contributed by atoms with Gasteiger partial charge in [-0.15, -0.1) is 0 Å². The topological polar surface area (TPSA) is 55.0 Å². The van der Waals surface area contributed by atoms with Crippen molar-refractivity contribution in [1.29, 1.82) is 0 Å². The minimum absolute atomic E-state index is 0.141. The molecule has 6 heteroatoms. The van der Waals surface area contributed by atoms with Crippen molar-refractivity contribution < 1.29 is 14.4 Å². The van der Waals surface area contributed by atoms with E-state index in [1.165, 1.54) is 6.21 Å². The highest BCUT2D eigenvalue weighted by Crippen LogP contribution is 2.29. The van der Waals surface area contributed by atoms with Crippen molar-refractivity contribution in [2.45, 2.75) is 6.61 Å². The van der Waals surface area contributed by atoms with Gasteiger partial charge in [0.2, 0.25) is 0 Å². The summed E-state index contributed by atoms with van der Waals surface area (Å²) >= 11 is 11.9. The molecule has 0 amide bonds. The summed E-state index contributed by atoms with van der Waals surface area (Å²) in [6, 6.07) is 12.4. The molecule has 1 aromatic heterocycles. The molecule has 0 saturated heterocycles. The lowest BCUT2D eigenvalue weighted by molar-refractivity contribution is 0.132. The molecule has 0 bridgehead atoms. The van der Waals surface area contributed by atoms with Crippen LogP contribution in [0.2, 0.25) is 10.0 Å². The summed E-state index contributed by atoms with van der Waals surface area (Å²) < 4.78 is 5.24. The smallest absolute Gasteiger partial charge is 0.290 e. The maximum Gasteiger partial charge on any atom is 0.290 e. The zero-order chi connectivity index (χ0) is 15.5. The van der Waals surface area contributed by atoms with Gasteiger partial charge in [0.25, 0.3) is 5.95 Å². The largest absolute Gasteiger partial charge is 0.480 e. The average molecular weight is 336 g/mol. The van der Waals surface area contributed by atoms with Gasteiger partial charge in [-0.3, -0.25) is 0 Å². The summed E-state index contributed by atoms with van der Waals surface area (Å²) in [7, 11) is 0. The molecule has 1 heterocycles. The highest BCUT2D eigenvalue weighted by molar-refractivity contribution is 6.35. The van der Waals surface area contributed by atoms with Crippen LogP contribution in [0.25, 0.3) is 10.8 Å². The fourth-order valence-electron chi connectivity index (χ4n) is 2.03. The second-order valence-corrected chi connectivity index (χ2v) is 5.40. The van der Waals surface area contributed by atoms with E-state index in [2.05, 4.69) is 5.16 Å². The maximum absolute atomic E-state index is 9.69. The molecule has 0 saturated carbocycles. The Hall–Kier alpha value is -2.17. The van der Waals surface area contributed by atoms with Crippen LogP contribution in [0.15, 0.2) is 52.0 Å². The first-order valence-electron chi connectivity index (χ1n) is 6.45. The molecule has 0 atom stereocenters. The first-order valence-corrected chi connectivity index (χ1v) is 7.20. The van der Waals surface area contributed by atoms with Crippen LogP contribution in [0.1, 0.15) is 11.3 Å². The van der Waals surface area contributed by atoms with Crippen LogP contribution < -0.4 is 0 Å². The number of halogens is 2.